The maximum absolute atomic E-state index is 5.20. The van der Waals surface area contributed by atoms with Gasteiger partial charge in [-0.1, -0.05) is 0 Å². The molecule has 0 rings (SSSR count). The SMILES string of the molecule is CO[Si](CCCS)(OC)OC.[H-].[Na+]. The fourth-order valence-corrected chi connectivity index (χ4v) is 3.03. The Bertz CT molecular complexity index is 99.6. The molecule has 0 aromatic carbocycles. The van der Waals surface area contributed by atoms with E-state index in [-0.39, 0.29) is 31.0 Å². The first-order chi connectivity index (χ1) is 5.24. The van der Waals surface area contributed by atoms with Gasteiger partial charge in [0.15, 0.2) is 0 Å². The summed E-state index contributed by atoms with van der Waals surface area (Å²) in [4.78, 5) is 0. The van der Waals surface area contributed by atoms with Gasteiger partial charge in [-0.15, -0.1) is 0 Å². The predicted molar refractivity (Wildman–Crippen MR) is 51.2 cm³/mol. The van der Waals surface area contributed by atoms with Crippen LogP contribution in [-0.2, 0) is 13.3 Å². The Morgan fingerprint density at radius 1 is 1.17 bits per heavy atom. The fourth-order valence-electron chi connectivity index (χ4n) is 0.852. The number of rotatable bonds is 6. The molecule has 0 atom stereocenters. The summed E-state index contributed by atoms with van der Waals surface area (Å²) in [5.41, 5.74) is 0. The van der Waals surface area contributed by atoms with Crippen LogP contribution in [0.25, 0.3) is 0 Å². The first-order valence-corrected chi connectivity index (χ1v) is 6.07. The van der Waals surface area contributed by atoms with Gasteiger partial charge in [-0.25, -0.2) is 0 Å². The van der Waals surface area contributed by atoms with Crippen LogP contribution in [0.2, 0.25) is 6.04 Å². The van der Waals surface area contributed by atoms with Gasteiger partial charge >= 0.3 is 38.4 Å². The van der Waals surface area contributed by atoms with E-state index < -0.39 is 8.80 Å². The Balaban J connectivity index is -0.000000500. The maximum atomic E-state index is 5.20. The molecule has 0 aliphatic heterocycles. The zero-order valence-electron chi connectivity index (χ0n) is 9.29. The molecule has 0 bridgehead atoms. The third kappa shape index (κ3) is 5.24. The Kier molecular flexibility index (Phi) is 12.0. The molecule has 0 fully saturated rings. The third-order valence-electron chi connectivity index (χ3n) is 1.57. The van der Waals surface area contributed by atoms with Crippen LogP contribution in [0.4, 0.5) is 0 Å². The van der Waals surface area contributed by atoms with E-state index in [1.165, 1.54) is 0 Å². The summed E-state index contributed by atoms with van der Waals surface area (Å²) >= 11 is 4.10. The second-order valence-electron chi connectivity index (χ2n) is 2.12. The van der Waals surface area contributed by atoms with E-state index >= 15 is 0 Å². The molecule has 0 amide bonds. The minimum Gasteiger partial charge on any atom is -1.00 e. The average molecular weight is 220 g/mol. The minimum atomic E-state index is -2.29. The Labute approximate surface area is 105 Å². The van der Waals surface area contributed by atoms with Gasteiger partial charge in [-0.05, 0) is 12.2 Å². The first-order valence-electron chi connectivity index (χ1n) is 3.51. The van der Waals surface area contributed by atoms with Crippen molar-refractivity contribution >= 4 is 21.4 Å². The molecule has 0 heterocycles. The van der Waals surface area contributed by atoms with Gasteiger partial charge in [-0.2, -0.15) is 12.6 Å². The van der Waals surface area contributed by atoms with Crippen molar-refractivity contribution < 1.29 is 44.3 Å². The Morgan fingerprint density at radius 2 is 1.58 bits per heavy atom. The van der Waals surface area contributed by atoms with Crippen LogP contribution in [0.1, 0.15) is 7.85 Å². The van der Waals surface area contributed by atoms with Crippen molar-refractivity contribution in [1.82, 2.24) is 0 Å². The summed E-state index contributed by atoms with van der Waals surface area (Å²) in [6, 6.07) is 0.833. The standard InChI is InChI=1S/C6H16O3SSi.Na.H/c1-7-11(8-2,9-3)6-4-5-10;;/h10H,4-6H2,1-3H3;;/q;+1;-1. The molecule has 70 valence electrons. The zero-order chi connectivity index (χ0) is 8.74. The third-order valence-corrected chi connectivity index (χ3v) is 4.72. The minimum absolute atomic E-state index is 0. The number of hydrogen-bond acceptors (Lipinski definition) is 4. The topological polar surface area (TPSA) is 27.7 Å². The van der Waals surface area contributed by atoms with Crippen LogP contribution in [0, 0.1) is 0 Å². The van der Waals surface area contributed by atoms with E-state index in [9.17, 15) is 0 Å². The van der Waals surface area contributed by atoms with Gasteiger partial charge in [-0.3, -0.25) is 0 Å². The molecule has 6 heteroatoms. The molecule has 0 aromatic rings. The first kappa shape index (κ1) is 15.9. The molecule has 0 unspecified atom stereocenters. The van der Waals surface area contributed by atoms with Crippen LogP contribution in [0.15, 0.2) is 0 Å². The van der Waals surface area contributed by atoms with Gasteiger partial charge in [0.25, 0.3) is 0 Å². The normalized spacial score (nSPS) is 11.0. The van der Waals surface area contributed by atoms with E-state index in [1.807, 2.05) is 0 Å². The largest absolute Gasteiger partial charge is 1.00 e. The maximum Gasteiger partial charge on any atom is 1.00 e. The Hall–Kier alpha value is 1.45. The molecule has 0 N–H and O–H groups in total. The molecule has 0 radical (unpaired) electrons. The molecule has 0 aliphatic carbocycles. The van der Waals surface area contributed by atoms with Crippen molar-refractivity contribution in [2.75, 3.05) is 27.1 Å². The molecule has 0 saturated heterocycles. The van der Waals surface area contributed by atoms with Crippen LogP contribution in [-0.4, -0.2) is 35.9 Å². The van der Waals surface area contributed by atoms with Crippen molar-refractivity contribution in [3.8, 4) is 0 Å². The summed E-state index contributed by atoms with van der Waals surface area (Å²) in [5.74, 6) is 0.838. The van der Waals surface area contributed by atoms with E-state index in [4.69, 9.17) is 13.3 Å². The summed E-state index contributed by atoms with van der Waals surface area (Å²) in [5, 5.41) is 0. The smallest absolute Gasteiger partial charge is 1.00 e. The van der Waals surface area contributed by atoms with Crippen LogP contribution < -0.4 is 29.6 Å². The molecular formula is C6H17NaO3SSi. The second kappa shape index (κ2) is 9.02. The number of thiol groups is 1. The van der Waals surface area contributed by atoms with Crippen molar-refractivity contribution in [3.63, 3.8) is 0 Å². The molecule has 3 nitrogen and oxygen atoms in total. The van der Waals surface area contributed by atoms with Crippen molar-refractivity contribution in [3.05, 3.63) is 0 Å². The van der Waals surface area contributed by atoms with Crippen molar-refractivity contribution in [1.29, 1.82) is 0 Å². The summed E-state index contributed by atoms with van der Waals surface area (Å²) in [6.07, 6.45) is 0.963. The number of hydrogen-bond donors (Lipinski definition) is 1. The van der Waals surface area contributed by atoms with Crippen molar-refractivity contribution in [2.24, 2.45) is 0 Å². The summed E-state index contributed by atoms with van der Waals surface area (Å²) in [7, 11) is 2.58. The molecule has 0 saturated carbocycles. The van der Waals surface area contributed by atoms with E-state index in [0.29, 0.717) is 0 Å². The van der Waals surface area contributed by atoms with E-state index in [2.05, 4.69) is 12.6 Å². The van der Waals surface area contributed by atoms with Gasteiger partial charge in [0, 0.05) is 27.4 Å². The van der Waals surface area contributed by atoms with E-state index in [0.717, 1.165) is 18.2 Å². The van der Waals surface area contributed by atoms with Crippen LogP contribution >= 0.6 is 12.6 Å². The van der Waals surface area contributed by atoms with Crippen molar-refractivity contribution in [2.45, 2.75) is 12.5 Å². The van der Waals surface area contributed by atoms with Gasteiger partial charge in [0.05, 0.1) is 0 Å². The molecule has 0 aromatic heterocycles. The fraction of sp³-hybridized carbons (Fsp3) is 1.00. The monoisotopic (exact) mass is 220 g/mol. The van der Waals surface area contributed by atoms with Gasteiger partial charge in [0.1, 0.15) is 0 Å². The summed E-state index contributed by atoms with van der Waals surface area (Å²) in [6.45, 7) is 0. The predicted octanol–water partition coefficient (Wildman–Crippen LogP) is -1.70. The Morgan fingerprint density at radius 3 is 1.83 bits per heavy atom. The average Bonchev–Trinajstić information content (AvgIpc) is 2.08. The second-order valence-corrected chi connectivity index (χ2v) is 5.66. The molecule has 12 heavy (non-hydrogen) atoms. The van der Waals surface area contributed by atoms with Gasteiger partial charge in [0.2, 0.25) is 0 Å². The molecule has 0 spiro atoms. The van der Waals surface area contributed by atoms with Gasteiger partial charge < -0.3 is 14.7 Å². The van der Waals surface area contributed by atoms with E-state index in [1.54, 1.807) is 21.3 Å². The van der Waals surface area contributed by atoms with Crippen LogP contribution in [0.5, 0.6) is 0 Å². The molecule has 0 aliphatic rings. The quantitative estimate of drug-likeness (QED) is 0.427. The van der Waals surface area contributed by atoms with Crippen LogP contribution in [0.3, 0.4) is 0 Å². The zero-order valence-corrected chi connectivity index (χ0v) is 12.2. The molecular weight excluding hydrogens is 203 g/mol. The summed E-state index contributed by atoms with van der Waals surface area (Å²) < 4.78 is 15.6.